The van der Waals surface area contributed by atoms with E-state index >= 15 is 0 Å². The summed E-state index contributed by atoms with van der Waals surface area (Å²) in [6.07, 6.45) is 9.51. The molecule has 0 radical (unpaired) electrons. The van der Waals surface area contributed by atoms with Gasteiger partial charge in [0.1, 0.15) is 0 Å². The molecular weight excluding hydrogens is 230 g/mol. The largest absolute Gasteiger partial charge is 0.430 e. The highest BCUT2D eigenvalue weighted by atomic mass is 28.4. The van der Waals surface area contributed by atoms with Crippen molar-refractivity contribution in [1.29, 1.82) is 0 Å². The number of nitrogens with zero attached hydrogens (tertiary/aromatic N) is 1. The number of hydrogen-bond donors (Lipinski definition) is 0. The maximum absolute atomic E-state index is 5.91. The molecule has 1 atom stereocenters. The van der Waals surface area contributed by atoms with Crippen LogP contribution in [0.3, 0.4) is 0 Å². The lowest BCUT2D eigenvalue weighted by Gasteiger charge is -2.39. The van der Waals surface area contributed by atoms with Crippen molar-refractivity contribution in [2.45, 2.75) is 63.5 Å². The highest BCUT2D eigenvalue weighted by Gasteiger charge is 2.55. The van der Waals surface area contributed by atoms with Gasteiger partial charge in [-0.1, -0.05) is 32.6 Å². The summed E-state index contributed by atoms with van der Waals surface area (Å²) in [7, 11) is 1.61. The third kappa shape index (κ3) is 2.45. The smallest absolute Gasteiger partial charge is 0.386 e. The number of hydrogen-bond acceptors (Lipinski definition) is 3. The fraction of sp³-hybridized carbons (Fsp3) is 1.00. The summed E-state index contributed by atoms with van der Waals surface area (Å²) >= 11 is 0. The molecule has 0 spiro atoms. The molecule has 1 aliphatic carbocycles. The summed E-state index contributed by atoms with van der Waals surface area (Å²) in [6.45, 7) is 3.48. The van der Waals surface area contributed by atoms with Crippen molar-refractivity contribution in [1.82, 2.24) is 4.57 Å². The van der Waals surface area contributed by atoms with Crippen LogP contribution in [0.2, 0.25) is 5.54 Å². The zero-order chi connectivity index (χ0) is 12.3. The molecule has 1 saturated carbocycles. The minimum absolute atomic E-state index is 0.598. The van der Waals surface area contributed by atoms with Gasteiger partial charge in [-0.25, -0.2) is 0 Å². The lowest BCUT2D eigenvalue weighted by Crippen LogP contribution is -2.59. The first-order valence-corrected chi connectivity index (χ1v) is 8.95. The van der Waals surface area contributed by atoms with Crippen LogP contribution in [0.5, 0.6) is 0 Å². The van der Waals surface area contributed by atoms with Crippen LogP contribution in [0.1, 0.15) is 51.9 Å². The lowest BCUT2D eigenvalue weighted by molar-refractivity contribution is 0.146. The van der Waals surface area contributed by atoms with Crippen LogP contribution in [0, 0.1) is 0 Å². The molecule has 0 aromatic rings. The van der Waals surface area contributed by atoms with Crippen molar-refractivity contribution in [2.24, 2.45) is 0 Å². The molecule has 100 valence electrons. The average Bonchev–Trinajstić information content (AvgIpc) is 2.56. The van der Waals surface area contributed by atoms with E-state index in [0.29, 0.717) is 11.6 Å². The molecule has 1 unspecified atom stereocenters. The maximum atomic E-state index is 5.91. The van der Waals surface area contributed by atoms with Crippen molar-refractivity contribution in [3.8, 4) is 0 Å². The van der Waals surface area contributed by atoms with Crippen LogP contribution in [0.25, 0.3) is 0 Å². The van der Waals surface area contributed by atoms with Gasteiger partial charge < -0.3 is 8.85 Å². The summed E-state index contributed by atoms with van der Waals surface area (Å²) in [5.74, 6) is 0. The molecule has 0 aromatic carbocycles. The van der Waals surface area contributed by atoms with E-state index < -0.39 is 8.72 Å². The molecule has 0 N–H and O–H groups in total. The number of rotatable bonds is 3. The molecule has 0 bridgehead atoms. The van der Waals surface area contributed by atoms with Crippen LogP contribution >= 0.6 is 0 Å². The summed E-state index contributed by atoms with van der Waals surface area (Å²) < 4.78 is 14.4. The van der Waals surface area contributed by atoms with Gasteiger partial charge in [-0.05, 0) is 25.8 Å². The summed E-state index contributed by atoms with van der Waals surface area (Å²) in [6, 6.07) is 0.717. The van der Waals surface area contributed by atoms with Crippen LogP contribution in [0.4, 0.5) is 0 Å². The molecule has 4 heteroatoms. The van der Waals surface area contributed by atoms with E-state index in [2.05, 4.69) is 11.5 Å². The van der Waals surface area contributed by atoms with Crippen molar-refractivity contribution in [2.75, 3.05) is 20.8 Å². The summed E-state index contributed by atoms with van der Waals surface area (Å²) in [5, 5.41) is 0. The molecule has 1 saturated heterocycles. The first-order chi connectivity index (χ1) is 8.24. The van der Waals surface area contributed by atoms with E-state index in [9.17, 15) is 0 Å². The zero-order valence-corrected chi connectivity index (χ0v) is 12.6. The van der Waals surface area contributed by atoms with Gasteiger partial charge in [0.15, 0.2) is 0 Å². The predicted octanol–water partition coefficient (Wildman–Crippen LogP) is 3.04. The molecular formula is C13H27NO2Si. The highest BCUT2D eigenvalue weighted by molar-refractivity contribution is 6.66. The zero-order valence-electron chi connectivity index (χ0n) is 11.6. The van der Waals surface area contributed by atoms with Crippen LogP contribution in [0.15, 0.2) is 0 Å². The first-order valence-electron chi connectivity index (χ1n) is 7.11. The van der Waals surface area contributed by atoms with Gasteiger partial charge >= 0.3 is 8.72 Å². The Morgan fingerprint density at radius 2 is 1.53 bits per heavy atom. The second-order valence-electron chi connectivity index (χ2n) is 5.57. The standard InChI is InChI=1S/C13H27NO2Si/c1-12-10-11-14(17(12,15-2)16-3)13-8-6-4-5-7-9-13/h12-13H,4-11H2,1-3H3. The summed E-state index contributed by atoms with van der Waals surface area (Å²) in [4.78, 5) is 0. The van der Waals surface area contributed by atoms with Gasteiger partial charge in [-0.3, -0.25) is 4.57 Å². The molecule has 17 heavy (non-hydrogen) atoms. The Morgan fingerprint density at radius 3 is 2.06 bits per heavy atom. The Bertz CT molecular complexity index is 238. The molecule has 3 nitrogen and oxygen atoms in total. The Morgan fingerprint density at radius 1 is 0.941 bits per heavy atom. The monoisotopic (exact) mass is 257 g/mol. The molecule has 0 aromatic heterocycles. The normalized spacial score (nSPS) is 31.6. The highest BCUT2D eigenvalue weighted by Crippen LogP contribution is 2.40. The van der Waals surface area contributed by atoms with Gasteiger partial charge in [-0.15, -0.1) is 0 Å². The topological polar surface area (TPSA) is 21.7 Å². The van der Waals surface area contributed by atoms with Gasteiger partial charge in [0.25, 0.3) is 0 Å². The molecule has 1 heterocycles. The summed E-state index contributed by atoms with van der Waals surface area (Å²) in [5.41, 5.74) is 0.598. The van der Waals surface area contributed by atoms with Crippen LogP contribution in [-0.4, -0.2) is 40.1 Å². The first kappa shape index (κ1) is 13.5. The Balaban J connectivity index is 2.12. The van der Waals surface area contributed by atoms with Gasteiger partial charge in [0.2, 0.25) is 0 Å². The Kier molecular flexibility index (Phi) is 4.63. The van der Waals surface area contributed by atoms with Crippen molar-refractivity contribution < 1.29 is 8.85 Å². The molecule has 2 aliphatic rings. The second-order valence-corrected chi connectivity index (χ2v) is 9.21. The van der Waals surface area contributed by atoms with E-state index in [1.807, 2.05) is 14.2 Å². The minimum Gasteiger partial charge on any atom is -0.386 e. The van der Waals surface area contributed by atoms with E-state index in [1.165, 1.54) is 51.5 Å². The van der Waals surface area contributed by atoms with Gasteiger partial charge in [-0.2, -0.15) is 0 Å². The predicted molar refractivity (Wildman–Crippen MR) is 72.0 cm³/mol. The quantitative estimate of drug-likeness (QED) is 0.573. The Labute approximate surface area is 107 Å². The van der Waals surface area contributed by atoms with Crippen molar-refractivity contribution in [3.63, 3.8) is 0 Å². The van der Waals surface area contributed by atoms with Gasteiger partial charge in [0.05, 0.1) is 0 Å². The van der Waals surface area contributed by atoms with E-state index in [0.717, 1.165) is 0 Å². The third-order valence-corrected chi connectivity index (χ3v) is 8.77. The van der Waals surface area contributed by atoms with Crippen LogP contribution < -0.4 is 0 Å². The molecule has 1 aliphatic heterocycles. The molecule has 2 fully saturated rings. The third-order valence-electron chi connectivity index (χ3n) is 4.68. The fourth-order valence-electron chi connectivity index (χ4n) is 3.68. The van der Waals surface area contributed by atoms with E-state index in [-0.39, 0.29) is 0 Å². The van der Waals surface area contributed by atoms with Crippen molar-refractivity contribution >= 4 is 8.72 Å². The SMILES string of the molecule is CO[Si]1(OC)C(C)CCN1C1CCCCCC1. The van der Waals surface area contributed by atoms with Gasteiger partial charge in [0, 0.05) is 25.8 Å². The maximum Gasteiger partial charge on any atom is 0.430 e. The molecule has 0 amide bonds. The second kappa shape index (κ2) is 5.82. The lowest BCUT2D eigenvalue weighted by atomic mass is 10.1. The van der Waals surface area contributed by atoms with E-state index in [1.54, 1.807) is 0 Å². The minimum atomic E-state index is -2.09. The molecule has 2 rings (SSSR count). The van der Waals surface area contributed by atoms with Crippen LogP contribution in [-0.2, 0) is 8.85 Å². The Hall–Kier alpha value is 0.0969. The fourth-order valence-corrected chi connectivity index (χ4v) is 7.39. The average molecular weight is 257 g/mol. The van der Waals surface area contributed by atoms with E-state index in [4.69, 9.17) is 8.85 Å². The van der Waals surface area contributed by atoms with Crippen molar-refractivity contribution in [3.05, 3.63) is 0 Å².